The van der Waals surface area contributed by atoms with Crippen LogP contribution >= 0.6 is 0 Å². The van der Waals surface area contributed by atoms with Crippen molar-refractivity contribution in [2.45, 2.75) is 43.4 Å². The maximum Gasteiger partial charge on any atom is 0.249 e. The van der Waals surface area contributed by atoms with E-state index < -0.39 is 6.10 Å². The van der Waals surface area contributed by atoms with Gasteiger partial charge in [-0.15, -0.1) is 0 Å². The molecule has 1 saturated carbocycles. The van der Waals surface area contributed by atoms with Gasteiger partial charge in [-0.2, -0.15) is 0 Å². The van der Waals surface area contributed by atoms with E-state index in [0.29, 0.717) is 13.0 Å². The molecule has 2 fully saturated rings. The van der Waals surface area contributed by atoms with E-state index in [9.17, 15) is 9.18 Å². The lowest BCUT2D eigenvalue weighted by molar-refractivity contribution is -0.132. The molecule has 1 aliphatic carbocycles. The Labute approximate surface area is 117 Å². The Morgan fingerprint density at radius 1 is 1.35 bits per heavy atom. The maximum atomic E-state index is 13.0. The summed E-state index contributed by atoms with van der Waals surface area (Å²) in [6.45, 7) is 0.451. The molecule has 0 bridgehead atoms. The molecule has 1 aromatic carbocycles. The fraction of sp³-hybridized carbons (Fsp3) is 0.533. The van der Waals surface area contributed by atoms with Crippen LogP contribution in [0.4, 0.5) is 4.39 Å². The third-order valence-electron chi connectivity index (χ3n) is 4.17. The van der Waals surface area contributed by atoms with Gasteiger partial charge in [-0.25, -0.2) is 4.39 Å². The molecule has 1 aromatic rings. The van der Waals surface area contributed by atoms with Crippen molar-refractivity contribution >= 4 is 5.91 Å². The van der Waals surface area contributed by atoms with Gasteiger partial charge >= 0.3 is 0 Å². The van der Waals surface area contributed by atoms with Crippen LogP contribution in [-0.2, 0) is 15.1 Å². The highest BCUT2D eigenvalue weighted by Gasteiger charge is 2.47. The van der Waals surface area contributed by atoms with Crippen molar-refractivity contribution in [1.29, 1.82) is 0 Å². The van der Waals surface area contributed by atoms with Crippen LogP contribution in [0.1, 0.15) is 31.2 Å². The van der Waals surface area contributed by atoms with Gasteiger partial charge in [0.15, 0.2) is 0 Å². The van der Waals surface area contributed by atoms with Crippen molar-refractivity contribution in [3.63, 3.8) is 0 Å². The number of benzene rings is 1. The standard InChI is InChI=1S/C15H19FN2O2/c16-11-3-1-10(2-4-11)15(7-8-15)18-14(19)13-6-5-12(9-17)20-13/h1-4,12-13H,5-9,17H2,(H,18,19)/t12-,13+/m1/s1. The smallest absolute Gasteiger partial charge is 0.249 e. The third-order valence-corrected chi connectivity index (χ3v) is 4.17. The molecule has 5 heteroatoms. The molecule has 1 amide bonds. The maximum absolute atomic E-state index is 13.0. The summed E-state index contributed by atoms with van der Waals surface area (Å²) in [6.07, 6.45) is 2.91. The second-order valence-electron chi connectivity index (χ2n) is 5.64. The van der Waals surface area contributed by atoms with Crippen LogP contribution in [0.15, 0.2) is 24.3 Å². The van der Waals surface area contributed by atoms with E-state index in [1.807, 2.05) is 0 Å². The quantitative estimate of drug-likeness (QED) is 0.876. The predicted octanol–water partition coefficient (Wildman–Crippen LogP) is 1.44. The highest BCUT2D eigenvalue weighted by molar-refractivity contribution is 5.82. The molecule has 0 spiro atoms. The van der Waals surface area contributed by atoms with Gasteiger partial charge in [-0.1, -0.05) is 12.1 Å². The Balaban J connectivity index is 1.65. The molecule has 1 aliphatic heterocycles. The summed E-state index contributed by atoms with van der Waals surface area (Å²) in [5.41, 5.74) is 6.18. The van der Waals surface area contributed by atoms with Gasteiger partial charge in [-0.3, -0.25) is 4.79 Å². The molecule has 2 aliphatic rings. The molecule has 0 unspecified atom stereocenters. The normalized spacial score (nSPS) is 27.3. The Kier molecular flexibility index (Phi) is 3.48. The van der Waals surface area contributed by atoms with Crippen molar-refractivity contribution in [3.8, 4) is 0 Å². The average molecular weight is 278 g/mol. The first-order chi connectivity index (χ1) is 9.63. The fourth-order valence-corrected chi connectivity index (χ4v) is 2.77. The summed E-state index contributed by atoms with van der Waals surface area (Å²) in [5.74, 6) is -0.344. The minimum Gasteiger partial charge on any atom is -0.364 e. The van der Waals surface area contributed by atoms with Gasteiger partial charge in [0.2, 0.25) is 5.91 Å². The topological polar surface area (TPSA) is 64.4 Å². The van der Waals surface area contributed by atoms with E-state index in [-0.39, 0.29) is 23.4 Å². The minimum absolute atomic E-state index is 0.00766. The van der Waals surface area contributed by atoms with Crippen LogP contribution in [-0.4, -0.2) is 24.7 Å². The van der Waals surface area contributed by atoms with Crippen molar-refractivity contribution in [1.82, 2.24) is 5.32 Å². The summed E-state index contributed by atoms with van der Waals surface area (Å²) in [7, 11) is 0. The van der Waals surface area contributed by atoms with Gasteiger partial charge in [0.05, 0.1) is 11.6 Å². The van der Waals surface area contributed by atoms with E-state index in [4.69, 9.17) is 10.5 Å². The van der Waals surface area contributed by atoms with Gasteiger partial charge in [-0.05, 0) is 43.4 Å². The van der Waals surface area contributed by atoms with E-state index in [0.717, 1.165) is 24.8 Å². The number of carbonyl (C=O) groups excluding carboxylic acids is 1. The van der Waals surface area contributed by atoms with Crippen LogP contribution in [0.2, 0.25) is 0 Å². The zero-order valence-electron chi connectivity index (χ0n) is 11.3. The van der Waals surface area contributed by atoms with Crippen LogP contribution < -0.4 is 11.1 Å². The molecule has 3 N–H and O–H groups in total. The largest absolute Gasteiger partial charge is 0.364 e. The van der Waals surface area contributed by atoms with Gasteiger partial charge < -0.3 is 15.8 Å². The van der Waals surface area contributed by atoms with Crippen LogP contribution in [0, 0.1) is 5.82 Å². The first-order valence-corrected chi connectivity index (χ1v) is 7.06. The lowest BCUT2D eigenvalue weighted by atomic mass is 10.0. The van der Waals surface area contributed by atoms with E-state index >= 15 is 0 Å². The highest BCUT2D eigenvalue weighted by Crippen LogP contribution is 2.45. The molecule has 1 heterocycles. The number of nitrogens with two attached hydrogens (primary N) is 1. The summed E-state index contributed by atoms with van der Waals surface area (Å²) in [6, 6.07) is 6.33. The van der Waals surface area contributed by atoms with Gasteiger partial charge in [0.25, 0.3) is 0 Å². The molecule has 2 atom stereocenters. The monoisotopic (exact) mass is 278 g/mol. The number of amides is 1. The Hall–Kier alpha value is -1.46. The fourth-order valence-electron chi connectivity index (χ4n) is 2.77. The molecular formula is C15H19FN2O2. The number of rotatable bonds is 4. The lowest BCUT2D eigenvalue weighted by Gasteiger charge is -2.21. The molecular weight excluding hydrogens is 259 g/mol. The van der Waals surface area contributed by atoms with Crippen LogP contribution in [0.25, 0.3) is 0 Å². The number of nitrogens with one attached hydrogen (secondary N) is 1. The molecule has 0 radical (unpaired) electrons. The summed E-state index contributed by atoms with van der Waals surface area (Å²) in [4.78, 5) is 12.3. The predicted molar refractivity (Wildman–Crippen MR) is 72.4 cm³/mol. The summed E-state index contributed by atoms with van der Waals surface area (Å²) < 4.78 is 18.6. The van der Waals surface area contributed by atoms with Crippen LogP contribution in [0.5, 0.6) is 0 Å². The first-order valence-electron chi connectivity index (χ1n) is 7.06. The number of carbonyl (C=O) groups is 1. The van der Waals surface area contributed by atoms with Crippen molar-refractivity contribution in [2.24, 2.45) is 5.73 Å². The molecule has 20 heavy (non-hydrogen) atoms. The second kappa shape index (κ2) is 5.14. The SMILES string of the molecule is NC[C@H]1CC[C@@H](C(=O)NC2(c3ccc(F)cc3)CC2)O1. The highest BCUT2D eigenvalue weighted by atomic mass is 19.1. The Morgan fingerprint density at radius 3 is 2.60 bits per heavy atom. The molecule has 4 nitrogen and oxygen atoms in total. The lowest BCUT2D eigenvalue weighted by Crippen LogP contribution is -2.42. The van der Waals surface area contributed by atoms with E-state index in [2.05, 4.69) is 5.32 Å². The molecule has 3 rings (SSSR count). The zero-order chi connectivity index (χ0) is 14.2. The number of hydrogen-bond acceptors (Lipinski definition) is 3. The molecule has 0 aromatic heterocycles. The molecule has 1 saturated heterocycles. The van der Waals surface area contributed by atoms with E-state index in [1.54, 1.807) is 12.1 Å². The number of hydrogen-bond donors (Lipinski definition) is 2. The Morgan fingerprint density at radius 2 is 2.05 bits per heavy atom. The second-order valence-corrected chi connectivity index (χ2v) is 5.64. The third kappa shape index (κ3) is 2.55. The minimum atomic E-state index is -0.401. The number of halogens is 1. The van der Waals surface area contributed by atoms with Gasteiger partial charge in [0.1, 0.15) is 11.9 Å². The number of ether oxygens (including phenoxy) is 1. The first kappa shape index (κ1) is 13.5. The molecule has 108 valence electrons. The van der Waals surface area contributed by atoms with E-state index in [1.165, 1.54) is 12.1 Å². The average Bonchev–Trinajstić information content (AvgIpc) is 3.06. The van der Waals surface area contributed by atoms with Crippen molar-refractivity contribution in [2.75, 3.05) is 6.54 Å². The Bertz CT molecular complexity index is 499. The van der Waals surface area contributed by atoms with Gasteiger partial charge in [0, 0.05) is 6.54 Å². The van der Waals surface area contributed by atoms with Crippen molar-refractivity contribution in [3.05, 3.63) is 35.6 Å². The van der Waals surface area contributed by atoms with Crippen molar-refractivity contribution < 1.29 is 13.9 Å². The summed E-state index contributed by atoms with van der Waals surface area (Å²) in [5, 5.41) is 3.06. The summed E-state index contributed by atoms with van der Waals surface area (Å²) >= 11 is 0. The zero-order valence-corrected chi connectivity index (χ0v) is 11.3. The van der Waals surface area contributed by atoms with Crippen LogP contribution in [0.3, 0.4) is 0 Å².